The van der Waals surface area contributed by atoms with Crippen LogP contribution in [0.4, 0.5) is 0 Å². The van der Waals surface area contributed by atoms with E-state index in [-0.39, 0.29) is 0 Å². The van der Waals surface area contributed by atoms with Gasteiger partial charge in [-0.2, -0.15) is 0 Å². The van der Waals surface area contributed by atoms with Gasteiger partial charge in [-0.05, 0) is 13.8 Å². The van der Waals surface area contributed by atoms with Crippen molar-refractivity contribution in [1.82, 2.24) is 0 Å². The Balaban J connectivity index is 3.32. The van der Waals surface area contributed by atoms with Gasteiger partial charge in [0.25, 0.3) is 0 Å². The Hall–Kier alpha value is -0.770. The third kappa shape index (κ3) is 5.23. The van der Waals surface area contributed by atoms with Crippen LogP contribution in [0.2, 0.25) is 0 Å². The Labute approximate surface area is 44.5 Å². The summed E-state index contributed by atoms with van der Waals surface area (Å²) >= 11 is 0. The first-order valence-corrected chi connectivity index (χ1v) is 2.18. The van der Waals surface area contributed by atoms with E-state index in [1.807, 2.05) is 13.8 Å². The molecule has 0 rings (SSSR count). The lowest BCUT2D eigenvalue weighted by molar-refractivity contribution is 1.27. The van der Waals surface area contributed by atoms with Crippen LogP contribution in [0.25, 0.3) is 0 Å². The lowest BCUT2D eigenvalue weighted by atomic mass is 10.5. The summed E-state index contributed by atoms with van der Waals surface area (Å²) in [6, 6.07) is 0. The van der Waals surface area contributed by atoms with E-state index in [0.717, 1.165) is 5.71 Å². The van der Waals surface area contributed by atoms with E-state index in [1.54, 1.807) is 0 Å². The topological polar surface area (TPSA) is 12.4 Å². The standard InChI is InChI=1S/C6H9N/c1-4-5-7-6(2)3/h1H,5H2,2-3H3. The Bertz CT molecular complexity index is 102. The smallest absolute Gasteiger partial charge is 0.0993 e. The highest BCUT2D eigenvalue weighted by Crippen LogP contribution is 1.71. The zero-order valence-electron chi connectivity index (χ0n) is 4.73. The highest BCUT2D eigenvalue weighted by atomic mass is 14.7. The average molecular weight is 95.1 g/mol. The van der Waals surface area contributed by atoms with Crippen molar-refractivity contribution >= 4 is 5.71 Å². The molecular weight excluding hydrogens is 86.1 g/mol. The minimum atomic E-state index is 0.516. The van der Waals surface area contributed by atoms with Gasteiger partial charge in [0.1, 0.15) is 0 Å². The maximum absolute atomic E-state index is 4.92. The van der Waals surface area contributed by atoms with Crippen LogP contribution >= 0.6 is 0 Å². The molecule has 7 heavy (non-hydrogen) atoms. The molecule has 0 spiro atoms. The number of nitrogens with zero attached hydrogens (tertiary/aromatic N) is 1. The molecule has 0 saturated heterocycles. The minimum Gasteiger partial charge on any atom is -0.282 e. The van der Waals surface area contributed by atoms with Gasteiger partial charge in [-0.15, -0.1) is 6.42 Å². The van der Waals surface area contributed by atoms with Crippen LogP contribution in [0.3, 0.4) is 0 Å². The van der Waals surface area contributed by atoms with Crippen molar-refractivity contribution < 1.29 is 0 Å². The molecule has 0 heterocycles. The lowest BCUT2D eigenvalue weighted by Crippen LogP contribution is -1.81. The molecule has 0 aliphatic carbocycles. The summed E-state index contributed by atoms with van der Waals surface area (Å²) in [7, 11) is 0. The van der Waals surface area contributed by atoms with Crippen LogP contribution in [-0.2, 0) is 0 Å². The monoisotopic (exact) mass is 95.1 g/mol. The van der Waals surface area contributed by atoms with Gasteiger partial charge in [0.15, 0.2) is 0 Å². The van der Waals surface area contributed by atoms with Crippen LogP contribution in [0, 0.1) is 12.3 Å². The quantitative estimate of drug-likeness (QED) is 0.341. The molecule has 0 aliphatic rings. The van der Waals surface area contributed by atoms with Gasteiger partial charge in [-0.3, -0.25) is 4.99 Å². The highest BCUT2D eigenvalue weighted by Gasteiger charge is 1.70. The van der Waals surface area contributed by atoms with Crippen molar-refractivity contribution in [1.29, 1.82) is 0 Å². The van der Waals surface area contributed by atoms with Gasteiger partial charge in [0, 0.05) is 5.71 Å². The van der Waals surface area contributed by atoms with E-state index in [2.05, 4.69) is 10.9 Å². The van der Waals surface area contributed by atoms with E-state index < -0.39 is 0 Å². The van der Waals surface area contributed by atoms with Crippen LogP contribution < -0.4 is 0 Å². The SMILES string of the molecule is C#CCN=C(C)C. The zero-order valence-corrected chi connectivity index (χ0v) is 4.73. The van der Waals surface area contributed by atoms with Crippen LogP contribution in [0.5, 0.6) is 0 Å². The van der Waals surface area contributed by atoms with E-state index in [9.17, 15) is 0 Å². The zero-order chi connectivity index (χ0) is 5.70. The van der Waals surface area contributed by atoms with Crippen molar-refractivity contribution in [2.75, 3.05) is 6.54 Å². The normalized spacial score (nSPS) is 7.00. The number of hydrogen-bond donors (Lipinski definition) is 0. The van der Waals surface area contributed by atoms with Crippen molar-refractivity contribution in [2.45, 2.75) is 13.8 Å². The first-order chi connectivity index (χ1) is 3.27. The molecule has 0 radical (unpaired) electrons. The molecule has 0 atom stereocenters. The Morgan fingerprint density at radius 2 is 2.29 bits per heavy atom. The predicted octanol–water partition coefficient (Wildman–Crippen LogP) is 1.10. The first-order valence-electron chi connectivity index (χ1n) is 2.18. The van der Waals surface area contributed by atoms with Crippen molar-refractivity contribution in [3.8, 4) is 12.3 Å². The highest BCUT2D eigenvalue weighted by molar-refractivity contribution is 5.79. The van der Waals surface area contributed by atoms with Gasteiger partial charge in [0.2, 0.25) is 0 Å². The average Bonchev–Trinajstić information content (AvgIpc) is 1.61. The number of terminal acetylenes is 1. The molecular formula is C6H9N. The Kier molecular flexibility index (Phi) is 3.04. The summed E-state index contributed by atoms with van der Waals surface area (Å²) in [6.45, 7) is 4.37. The van der Waals surface area contributed by atoms with E-state index in [1.165, 1.54) is 0 Å². The minimum absolute atomic E-state index is 0.516. The predicted molar refractivity (Wildman–Crippen MR) is 32.5 cm³/mol. The number of hydrogen-bond acceptors (Lipinski definition) is 1. The van der Waals surface area contributed by atoms with E-state index in [4.69, 9.17) is 6.42 Å². The molecule has 1 nitrogen and oxygen atoms in total. The van der Waals surface area contributed by atoms with Gasteiger partial charge in [-0.1, -0.05) is 5.92 Å². The van der Waals surface area contributed by atoms with E-state index >= 15 is 0 Å². The summed E-state index contributed by atoms with van der Waals surface area (Å²) < 4.78 is 0. The largest absolute Gasteiger partial charge is 0.282 e. The molecule has 0 amide bonds. The van der Waals surface area contributed by atoms with E-state index in [0.29, 0.717) is 6.54 Å². The summed E-state index contributed by atoms with van der Waals surface area (Å²) in [6.07, 6.45) is 4.92. The maximum Gasteiger partial charge on any atom is 0.0993 e. The maximum atomic E-state index is 4.92. The second-order valence-corrected chi connectivity index (χ2v) is 1.47. The fraction of sp³-hybridized carbons (Fsp3) is 0.500. The molecule has 0 fully saturated rings. The van der Waals surface area contributed by atoms with Crippen LogP contribution in [0.1, 0.15) is 13.8 Å². The second kappa shape index (κ2) is 3.42. The summed E-state index contributed by atoms with van der Waals surface area (Å²) in [4.78, 5) is 3.92. The molecule has 0 aliphatic heterocycles. The van der Waals surface area contributed by atoms with Gasteiger partial charge in [-0.25, -0.2) is 0 Å². The Morgan fingerprint density at radius 3 is 2.43 bits per heavy atom. The van der Waals surface area contributed by atoms with Crippen molar-refractivity contribution in [3.63, 3.8) is 0 Å². The molecule has 0 saturated carbocycles. The summed E-state index contributed by atoms with van der Waals surface area (Å²) in [5.41, 5.74) is 1.04. The fourth-order valence-corrected chi connectivity index (χ4v) is 0.204. The van der Waals surface area contributed by atoms with Crippen LogP contribution in [0.15, 0.2) is 4.99 Å². The van der Waals surface area contributed by atoms with Crippen molar-refractivity contribution in [2.24, 2.45) is 4.99 Å². The number of rotatable bonds is 1. The fourth-order valence-electron chi connectivity index (χ4n) is 0.204. The van der Waals surface area contributed by atoms with Gasteiger partial charge < -0.3 is 0 Å². The van der Waals surface area contributed by atoms with Crippen molar-refractivity contribution in [3.05, 3.63) is 0 Å². The molecule has 0 aromatic carbocycles. The van der Waals surface area contributed by atoms with Gasteiger partial charge in [0.05, 0.1) is 6.54 Å². The molecule has 0 bridgehead atoms. The third-order valence-corrected chi connectivity index (χ3v) is 0.487. The van der Waals surface area contributed by atoms with Gasteiger partial charge >= 0.3 is 0 Å². The lowest BCUT2D eigenvalue weighted by Gasteiger charge is -1.81. The molecule has 0 aromatic heterocycles. The number of aliphatic imine (C=N–C) groups is 1. The second-order valence-electron chi connectivity index (χ2n) is 1.47. The molecule has 0 aromatic rings. The third-order valence-electron chi connectivity index (χ3n) is 0.487. The first kappa shape index (κ1) is 6.23. The molecule has 0 N–H and O–H groups in total. The Morgan fingerprint density at radius 1 is 1.71 bits per heavy atom. The molecule has 38 valence electrons. The summed E-state index contributed by atoms with van der Waals surface area (Å²) in [5, 5.41) is 0. The summed E-state index contributed by atoms with van der Waals surface area (Å²) in [5.74, 6) is 2.41. The van der Waals surface area contributed by atoms with Crippen LogP contribution in [-0.4, -0.2) is 12.3 Å². The molecule has 0 unspecified atom stereocenters. The molecule has 1 heteroatoms.